The number of hydrogen-bond donors (Lipinski definition) is 4. The van der Waals surface area contributed by atoms with Crippen LogP contribution in [-0.4, -0.2) is 84.4 Å². The van der Waals surface area contributed by atoms with E-state index in [1.807, 2.05) is 0 Å². The van der Waals surface area contributed by atoms with E-state index in [2.05, 4.69) is 20.3 Å². The molecule has 4 N–H and O–H groups in total. The summed E-state index contributed by atoms with van der Waals surface area (Å²) in [5.74, 6) is -0.00372. The predicted octanol–water partition coefficient (Wildman–Crippen LogP) is 0.314. The summed E-state index contributed by atoms with van der Waals surface area (Å²) in [4.78, 5) is 12.2. The van der Waals surface area contributed by atoms with Gasteiger partial charge in [-0.25, -0.2) is 13.8 Å². The molecule has 0 radical (unpaired) electrons. The number of aliphatic hydroxyl groups is 3. The Morgan fingerprint density at radius 1 is 1.24 bits per heavy atom. The molecule has 0 spiro atoms. The largest absolute Gasteiger partial charge is 0.388 e. The van der Waals surface area contributed by atoms with Crippen molar-refractivity contribution in [3.63, 3.8) is 0 Å². The van der Waals surface area contributed by atoms with Crippen LogP contribution in [-0.2, 0) is 9.47 Å². The van der Waals surface area contributed by atoms with Gasteiger partial charge in [0.1, 0.15) is 18.3 Å². The van der Waals surface area contributed by atoms with Gasteiger partial charge in [-0.15, -0.1) is 0 Å². The van der Waals surface area contributed by atoms with E-state index in [0.717, 1.165) is 0 Å². The summed E-state index contributed by atoms with van der Waals surface area (Å²) in [7, 11) is 0. The first kappa shape index (κ1) is 20.6. The summed E-state index contributed by atoms with van der Waals surface area (Å²) >= 11 is 5.98. The number of aliphatic hydroxyl groups excluding tert-OH is 3. The second kappa shape index (κ2) is 7.85. The van der Waals surface area contributed by atoms with E-state index in [1.165, 1.54) is 10.9 Å². The van der Waals surface area contributed by atoms with E-state index >= 15 is 0 Å². The van der Waals surface area contributed by atoms with Crippen LogP contribution in [0.15, 0.2) is 6.33 Å². The van der Waals surface area contributed by atoms with Gasteiger partial charge in [0.05, 0.1) is 19.0 Å². The summed E-state index contributed by atoms with van der Waals surface area (Å²) in [6, 6.07) is 0. The van der Waals surface area contributed by atoms with Crippen LogP contribution < -0.4 is 5.32 Å². The van der Waals surface area contributed by atoms with Crippen molar-refractivity contribution in [3.8, 4) is 0 Å². The zero-order chi connectivity index (χ0) is 20.9. The Kier molecular flexibility index (Phi) is 5.57. The Bertz CT molecular complexity index is 891. The van der Waals surface area contributed by atoms with Crippen molar-refractivity contribution in [2.24, 2.45) is 0 Å². The van der Waals surface area contributed by atoms with Crippen LogP contribution in [0.25, 0.3) is 11.2 Å². The number of aromatic nitrogens is 4. The first-order chi connectivity index (χ1) is 13.8. The number of nitrogens with zero attached hydrogens (tertiary/aromatic N) is 4. The molecule has 2 aromatic heterocycles. The molecule has 13 heteroatoms. The quantitative estimate of drug-likeness (QED) is 0.500. The van der Waals surface area contributed by atoms with Gasteiger partial charge in [-0.05, 0) is 18.0 Å². The van der Waals surface area contributed by atoms with Gasteiger partial charge < -0.3 is 30.1 Å². The average Bonchev–Trinajstić information content (AvgIpc) is 3.23. The molecular weight excluding hydrogens is 416 g/mol. The summed E-state index contributed by atoms with van der Waals surface area (Å²) < 4.78 is 40.9. The summed E-state index contributed by atoms with van der Waals surface area (Å²) in [6.45, 7) is 1.48. The van der Waals surface area contributed by atoms with E-state index in [-0.39, 0.29) is 28.9 Å². The zero-order valence-electron chi connectivity index (χ0n) is 15.2. The number of ether oxygens (including phenoxy) is 2. The molecule has 2 saturated heterocycles. The predicted molar refractivity (Wildman–Crippen MR) is 95.7 cm³/mol. The molecule has 0 amide bonds. The van der Waals surface area contributed by atoms with Crippen molar-refractivity contribution in [1.82, 2.24) is 19.5 Å². The second-order valence-corrected chi connectivity index (χ2v) is 7.31. The highest BCUT2D eigenvalue weighted by Gasteiger charge is 2.45. The fraction of sp³-hybridized carbons (Fsp3) is 0.688. The third kappa shape index (κ3) is 3.53. The van der Waals surface area contributed by atoms with Crippen molar-refractivity contribution in [2.45, 2.75) is 62.6 Å². The third-order valence-electron chi connectivity index (χ3n) is 5.10. The van der Waals surface area contributed by atoms with Crippen LogP contribution in [0.1, 0.15) is 19.6 Å². The number of fused-ring (bicyclic) bond motifs is 1. The molecule has 29 heavy (non-hydrogen) atoms. The van der Waals surface area contributed by atoms with E-state index in [9.17, 15) is 24.1 Å². The molecular formula is C16H20ClF2N5O5. The Hall–Kier alpha value is -1.70. The highest BCUT2D eigenvalue weighted by atomic mass is 35.5. The van der Waals surface area contributed by atoms with Gasteiger partial charge >= 0.3 is 0 Å². The van der Waals surface area contributed by atoms with Gasteiger partial charge in [-0.2, -0.15) is 9.97 Å². The number of anilines is 1. The molecule has 2 aliphatic rings. The topological polar surface area (TPSA) is 135 Å². The van der Waals surface area contributed by atoms with E-state index < -0.39 is 49.2 Å². The lowest BCUT2D eigenvalue weighted by atomic mass is 10.1. The number of alkyl halides is 2. The van der Waals surface area contributed by atoms with Crippen molar-refractivity contribution in [1.29, 1.82) is 0 Å². The highest BCUT2D eigenvalue weighted by Crippen LogP contribution is 2.36. The van der Waals surface area contributed by atoms with Crippen molar-refractivity contribution < 1.29 is 33.6 Å². The Morgan fingerprint density at radius 2 is 2.00 bits per heavy atom. The molecule has 160 valence electrons. The third-order valence-corrected chi connectivity index (χ3v) is 5.27. The van der Waals surface area contributed by atoms with Crippen LogP contribution >= 0.6 is 11.6 Å². The first-order valence-electron chi connectivity index (χ1n) is 9.07. The molecule has 4 heterocycles. The van der Waals surface area contributed by atoms with Crippen molar-refractivity contribution in [3.05, 3.63) is 11.6 Å². The van der Waals surface area contributed by atoms with Gasteiger partial charge in [0.15, 0.2) is 41.8 Å². The molecule has 8 atom stereocenters. The number of hydrogen-bond acceptors (Lipinski definition) is 9. The van der Waals surface area contributed by atoms with Crippen LogP contribution in [0, 0.1) is 0 Å². The Balaban J connectivity index is 1.66. The van der Waals surface area contributed by atoms with E-state index in [0.29, 0.717) is 6.42 Å². The maximum Gasteiger partial charge on any atom is 0.226 e. The lowest BCUT2D eigenvalue weighted by molar-refractivity contribution is -0.155. The maximum atomic E-state index is 14.6. The van der Waals surface area contributed by atoms with Crippen LogP contribution in [0.3, 0.4) is 0 Å². The molecule has 0 unspecified atom stereocenters. The van der Waals surface area contributed by atoms with Crippen molar-refractivity contribution in [2.75, 3.05) is 11.9 Å². The van der Waals surface area contributed by atoms with Gasteiger partial charge in [-0.3, -0.25) is 4.57 Å². The summed E-state index contributed by atoms with van der Waals surface area (Å²) in [5, 5.41) is 31.6. The molecule has 4 rings (SSSR count). The minimum Gasteiger partial charge on any atom is -0.388 e. The molecule has 2 fully saturated rings. The molecule has 2 aromatic rings. The molecule has 0 saturated carbocycles. The van der Waals surface area contributed by atoms with E-state index in [1.54, 1.807) is 6.92 Å². The minimum absolute atomic E-state index is 0.00372. The monoisotopic (exact) mass is 435 g/mol. The lowest BCUT2D eigenvalue weighted by Crippen LogP contribution is -2.53. The number of imidazole rings is 1. The Labute approximate surface area is 168 Å². The maximum absolute atomic E-state index is 14.6. The van der Waals surface area contributed by atoms with Gasteiger partial charge in [0, 0.05) is 0 Å². The molecule has 2 aliphatic heterocycles. The zero-order valence-corrected chi connectivity index (χ0v) is 15.9. The fourth-order valence-corrected chi connectivity index (χ4v) is 3.65. The summed E-state index contributed by atoms with van der Waals surface area (Å²) in [6.07, 6.45) is -9.45. The van der Waals surface area contributed by atoms with Gasteiger partial charge in [0.2, 0.25) is 5.28 Å². The SMILES string of the molecule is CC[C@H]1O[C@@H](n2cnc3c(N[C@H]4OC[C@@H](O)[C@@H](O)[C@@H]4F)nc(Cl)nc32)[C@@H](F)[C@@H]1O. The molecule has 10 nitrogen and oxygen atoms in total. The van der Waals surface area contributed by atoms with Crippen LogP contribution in [0.2, 0.25) is 5.28 Å². The van der Waals surface area contributed by atoms with E-state index in [4.69, 9.17) is 21.1 Å². The lowest BCUT2D eigenvalue weighted by Gasteiger charge is -2.34. The molecule has 0 bridgehead atoms. The standard InChI is InChI=1S/C16H20ClF2N5O5/c1-2-6-11(27)8(19)15(29-6)24-4-20-9-12(22-16(17)23-13(9)24)21-14-7(18)10(26)5(25)3-28-14/h4-8,10-11,14-15,25-27H,2-3H2,1H3,(H,21,22,23)/t5-,6-,7+,8+,10-,11-,14+,15-/m1/s1. The average molecular weight is 436 g/mol. The Morgan fingerprint density at radius 3 is 2.69 bits per heavy atom. The number of nitrogens with one attached hydrogen (secondary N) is 1. The molecule has 0 aliphatic carbocycles. The van der Waals surface area contributed by atoms with Crippen LogP contribution in [0.5, 0.6) is 0 Å². The number of halogens is 3. The first-order valence-corrected chi connectivity index (χ1v) is 9.45. The van der Waals surface area contributed by atoms with Crippen molar-refractivity contribution >= 4 is 28.6 Å². The van der Waals surface area contributed by atoms with Gasteiger partial charge in [-0.1, -0.05) is 6.92 Å². The normalized spacial score (nSPS) is 37.9. The number of rotatable bonds is 4. The molecule has 0 aromatic carbocycles. The highest BCUT2D eigenvalue weighted by molar-refractivity contribution is 6.28. The minimum atomic E-state index is -1.95. The van der Waals surface area contributed by atoms with Gasteiger partial charge in [0.25, 0.3) is 0 Å². The van der Waals surface area contributed by atoms with Crippen LogP contribution in [0.4, 0.5) is 14.6 Å². The summed E-state index contributed by atoms with van der Waals surface area (Å²) in [5.41, 5.74) is 0.243. The second-order valence-electron chi connectivity index (χ2n) is 6.97. The smallest absolute Gasteiger partial charge is 0.226 e. The fourth-order valence-electron chi connectivity index (χ4n) is 3.48.